The summed E-state index contributed by atoms with van der Waals surface area (Å²) in [6.45, 7) is 3.59. The summed E-state index contributed by atoms with van der Waals surface area (Å²) in [6, 6.07) is 4.50. The van der Waals surface area contributed by atoms with Crippen LogP contribution < -0.4 is 9.46 Å². The summed E-state index contributed by atoms with van der Waals surface area (Å²) in [6.07, 6.45) is 1.95. The Morgan fingerprint density at radius 2 is 1.95 bits per heavy atom. The molecule has 1 aliphatic rings. The van der Waals surface area contributed by atoms with E-state index in [2.05, 4.69) is 11.6 Å². The number of methoxy groups -OCH3 is 1. The number of amides is 1. The van der Waals surface area contributed by atoms with Crippen molar-refractivity contribution in [2.75, 3.05) is 27.2 Å². The van der Waals surface area contributed by atoms with Crippen LogP contribution in [0.25, 0.3) is 0 Å². The van der Waals surface area contributed by atoms with Crippen molar-refractivity contribution in [3.63, 3.8) is 0 Å². The average molecular weight is 326 g/mol. The number of rotatable bonds is 4. The molecule has 6 nitrogen and oxygen atoms in total. The van der Waals surface area contributed by atoms with Gasteiger partial charge in [-0.15, -0.1) is 0 Å². The molecule has 0 unspecified atom stereocenters. The first kappa shape index (κ1) is 16.8. The Balaban J connectivity index is 2.32. The molecule has 0 bridgehead atoms. The van der Waals surface area contributed by atoms with Crippen molar-refractivity contribution in [2.24, 2.45) is 5.92 Å². The smallest absolute Gasteiger partial charge is 0.253 e. The maximum absolute atomic E-state index is 12.5. The number of nitrogens with one attached hydrogen (secondary N) is 1. The zero-order valence-corrected chi connectivity index (χ0v) is 13.9. The van der Waals surface area contributed by atoms with E-state index in [1.54, 1.807) is 11.0 Å². The molecule has 2 rings (SSSR count). The Bertz CT molecular complexity index is 650. The Hall–Kier alpha value is -1.60. The number of sulfonamides is 1. The lowest BCUT2D eigenvalue weighted by molar-refractivity contribution is 0.0697. The predicted molar refractivity (Wildman–Crippen MR) is 83.5 cm³/mol. The Labute approximate surface area is 131 Å². The fourth-order valence-corrected chi connectivity index (χ4v) is 3.44. The van der Waals surface area contributed by atoms with Crippen LogP contribution in [0.2, 0.25) is 0 Å². The first-order valence-electron chi connectivity index (χ1n) is 7.30. The number of carbonyl (C=O) groups excluding carboxylic acids is 1. The second-order valence-electron chi connectivity index (χ2n) is 5.55. The molecule has 22 heavy (non-hydrogen) atoms. The van der Waals surface area contributed by atoms with Crippen molar-refractivity contribution in [3.05, 3.63) is 23.8 Å². The van der Waals surface area contributed by atoms with Crippen molar-refractivity contribution in [3.8, 4) is 5.75 Å². The van der Waals surface area contributed by atoms with Gasteiger partial charge in [-0.05, 0) is 44.0 Å². The molecule has 1 saturated heterocycles. The largest absolute Gasteiger partial charge is 0.495 e. The van der Waals surface area contributed by atoms with E-state index in [1.807, 2.05) is 0 Å². The van der Waals surface area contributed by atoms with Gasteiger partial charge in [0.15, 0.2) is 0 Å². The van der Waals surface area contributed by atoms with Gasteiger partial charge in [-0.2, -0.15) is 0 Å². The maximum Gasteiger partial charge on any atom is 0.253 e. The number of hydrogen-bond donors (Lipinski definition) is 1. The third-order valence-electron chi connectivity index (χ3n) is 4.04. The molecule has 1 heterocycles. The molecular formula is C15H22N2O4S. The minimum absolute atomic E-state index is 0.0197. The van der Waals surface area contributed by atoms with E-state index < -0.39 is 10.0 Å². The molecule has 0 aromatic heterocycles. The lowest BCUT2D eigenvalue weighted by Gasteiger charge is -2.30. The van der Waals surface area contributed by atoms with Crippen molar-refractivity contribution >= 4 is 15.9 Å². The SMILES string of the molecule is CNS(=O)(=O)c1cc(C(=O)N2CCC(C)CC2)ccc1OC. The molecule has 1 N–H and O–H groups in total. The third kappa shape index (κ3) is 3.41. The van der Waals surface area contributed by atoms with Gasteiger partial charge in [0.2, 0.25) is 10.0 Å². The summed E-state index contributed by atoms with van der Waals surface area (Å²) in [5.41, 5.74) is 0.365. The van der Waals surface area contributed by atoms with Gasteiger partial charge in [0.1, 0.15) is 10.6 Å². The monoisotopic (exact) mass is 326 g/mol. The highest BCUT2D eigenvalue weighted by Gasteiger charge is 2.24. The lowest BCUT2D eigenvalue weighted by Crippen LogP contribution is -2.38. The van der Waals surface area contributed by atoms with E-state index in [-0.39, 0.29) is 16.6 Å². The molecule has 0 atom stereocenters. The molecule has 1 aliphatic heterocycles. The second-order valence-corrected chi connectivity index (χ2v) is 7.40. The molecular weight excluding hydrogens is 304 g/mol. The molecule has 1 aromatic carbocycles. The molecule has 0 aliphatic carbocycles. The van der Waals surface area contributed by atoms with Gasteiger partial charge < -0.3 is 9.64 Å². The molecule has 0 saturated carbocycles. The van der Waals surface area contributed by atoms with Crippen molar-refractivity contribution in [2.45, 2.75) is 24.7 Å². The number of hydrogen-bond acceptors (Lipinski definition) is 4. The van der Waals surface area contributed by atoms with Gasteiger partial charge in [0.25, 0.3) is 5.91 Å². The molecule has 1 amide bonds. The summed E-state index contributed by atoms with van der Waals surface area (Å²) < 4.78 is 31.5. The van der Waals surface area contributed by atoms with Crippen LogP contribution >= 0.6 is 0 Å². The van der Waals surface area contributed by atoms with Gasteiger partial charge in [-0.25, -0.2) is 13.1 Å². The molecule has 7 heteroatoms. The Kier molecular flexibility index (Phi) is 5.08. The van der Waals surface area contributed by atoms with Gasteiger partial charge in [0, 0.05) is 18.7 Å². The van der Waals surface area contributed by atoms with Crippen LogP contribution in [0.4, 0.5) is 0 Å². The van der Waals surface area contributed by atoms with Crippen LogP contribution in [0.3, 0.4) is 0 Å². The molecule has 122 valence electrons. The standard InChI is InChI=1S/C15H22N2O4S/c1-11-6-8-17(9-7-11)15(18)12-4-5-13(21-3)14(10-12)22(19,20)16-2/h4-5,10-11,16H,6-9H2,1-3H3. The van der Waals surface area contributed by atoms with E-state index in [0.29, 0.717) is 24.6 Å². The number of nitrogens with zero attached hydrogens (tertiary/aromatic N) is 1. The van der Waals surface area contributed by atoms with Crippen LogP contribution in [-0.2, 0) is 10.0 Å². The van der Waals surface area contributed by atoms with E-state index in [9.17, 15) is 13.2 Å². The number of piperidine rings is 1. The average Bonchev–Trinajstić information content (AvgIpc) is 2.54. The highest BCUT2D eigenvalue weighted by molar-refractivity contribution is 7.89. The minimum Gasteiger partial charge on any atom is -0.495 e. The highest BCUT2D eigenvalue weighted by atomic mass is 32.2. The van der Waals surface area contributed by atoms with Crippen molar-refractivity contribution in [1.29, 1.82) is 0 Å². The first-order valence-corrected chi connectivity index (χ1v) is 8.78. The number of ether oxygens (including phenoxy) is 1. The van der Waals surface area contributed by atoms with Crippen molar-refractivity contribution < 1.29 is 17.9 Å². The topological polar surface area (TPSA) is 75.7 Å². The van der Waals surface area contributed by atoms with E-state index in [0.717, 1.165) is 12.8 Å². The maximum atomic E-state index is 12.5. The molecule has 0 radical (unpaired) electrons. The number of benzene rings is 1. The van der Waals surface area contributed by atoms with Crippen LogP contribution in [0.1, 0.15) is 30.1 Å². The lowest BCUT2D eigenvalue weighted by atomic mass is 9.98. The van der Waals surface area contributed by atoms with Crippen LogP contribution in [0.15, 0.2) is 23.1 Å². The van der Waals surface area contributed by atoms with Gasteiger partial charge in [-0.1, -0.05) is 6.92 Å². The number of likely N-dealkylation sites (tertiary alicyclic amines) is 1. The summed E-state index contributed by atoms with van der Waals surface area (Å²) in [5.74, 6) is 0.709. The Morgan fingerprint density at radius 3 is 2.50 bits per heavy atom. The summed E-state index contributed by atoms with van der Waals surface area (Å²) in [5, 5.41) is 0. The van der Waals surface area contributed by atoms with Gasteiger partial charge >= 0.3 is 0 Å². The highest BCUT2D eigenvalue weighted by Crippen LogP contribution is 2.26. The van der Waals surface area contributed by atoms with Gasteiger partial charge in [-0.3, -0.25) is 4.79 Å². The molecule has 1 fully saturated rings. The molecule has 1 aromatic rings. The predicted octanol–water partition coefficient (Wildman–Crippen LogP) is 1.48. The normalized spacial score (nSPS) is 16.6. The first-order chi connectivity index (χ1) is 10.4. The van der Waals surface area contributed by atoms with Crippen LogP contribution in [0.5, 0.6) is 5.75 Å². The van der Waals surface area contributed by atoms with E-state index >= 15 is 0 Å². The summed E-state index contributed by atoms with van der Waals surface area (Å²) in [4.78, 5) is 14.3. The summed E-state index contributed by atoms with van der Waals surface area (Å²) in [7, 11) is -0.953. The zero-order valence-electron chi connectivity index (χ0n) is 13.1. The van der Waals surface area contributed by atoms with Crippen LogP contribution in [-0.4, -0.2) is 46.5 Å². The van der Waals surface area contributed by atoms with E-state index in [1.165, 1.54) is 26.3 Å². The molecule has 0 spiro atoms. The van der Waals surface area contributed by atoms with E-state index in [4.69, 9.17) is 4.74 Å². The fourth-order valence-electron chi connectivity index (χ4n) is 2.52. The Morgan fingerprint density at radius 1 is 1.32 bits per heavy atom. The third-order valence-corrected chi connectivity index (χ3v) is 5.48. The quantitative estimate of drug-likeness (QED) is 0.909. The van der Waals surface area contributed by atoms with Crippen molar-refractivity contribution in [1.82, 2.24) is 9.62 Å². The summed E-state index contributed by atoms with van der Waals surface area (Å²) >= 11 is 0. The second kappa shape index (κ2) is 6.66. The minimum atomic E-state index is -3.68. The van der Waals surface area contributed by atoms with Gasteiger partial charge in [0.05, 0.1) is 7.11 Å². The van der Waals surface area contributed by atoms with Crippen LogP contribution in [0, 0.1) is 5.92 Å². The zero-order chi connectivity index (χ0) is 16.3. The number of carbonyl (C=O) groups is 1. The fraction of sp³-hybridized carbons (Fsp3) is 0.533.